The summed E-state index contributed by atoms with van der Waals surface area (Å²) in [5.74, 6) is -0.339. The van der Waals surface area contributed by atoms with Gasteiger partial charge in [-0.25, -0.2) is 0 Å². The summed E-state index contributed by atoms with van der Waals surface area (Å²) >= 11 is 0. The molecule has 1 amide bonds. The lowest BCUT2D eigenvalue weighted by molar-refractivity contribution is -0.143. The molecule has 0 saturated carbocycles. The van der Waals surface area contributed by atoms with E-state index >= 15 is 0 Å². The lowest BCUT2D eigenvalue weighted by Gasteiger charge is -2.39. The standard InChI is InChI=1S/C27H41NO7/c1-16(8-11-24-26(31)27(13-14-32-24)20(5)35-27)7-10-23-17(2)15-22(19(4)34-23)28-25(30)12-9-18(3)33-21(6)29/h7-9,11-12,17-20,22-24,26,31H,10,13-15H2,1-6H3,(H,28,30)/b11-8+,12-9-,16-7+/t17-,18-,19+,20+,22+,23-,24+,26+,27+/m0/s1. The number of rotatable bonds is 8. The SMILES string of the molecule is CC(=O)O[C@@H](C)/C=C\C(=O)N[C@@H]1C[C@H](C)[C@H](C/C=C(C)/C=C/[C@H]2OCC[C@]3(O[C@@H]3C)[C@@H]2O)O[C@@H]1C. The normalized spacial score (nSPS) is 38.6. The van der Waals surface area contributed by atoms with Crippen LogP contribution < -0.4 is 5.32 Å². The van der Waals surface area contributed by atoms with Crippen LogP contribution in [0.5, 0.6) is 0 Å². The van der Waals surface area contributed by atoms with Crippen LogP contribution >= 0.6 is 0 Å². The number of hydrogen-bond donors (Lipinski definition) is 2. The van der Waals surface area contributed by atoms with Gasteiger partial charge in [-0.3, -0.25) is 9.59 Å². The van der Waals surface area contributed by atoms with Gasteiger partial charge in [-0.05, 0) is 52.5 Å². The Hall–Kier alpha value is -2.00. The molecule has 3 aliphatic heterocycles. The number of aliphatic hydroxyl groups excluding tert-OH is 1. The number of carbonyl (C=O) groups is 2. The zero-order chi connectivity index (χ0) is 25.8. The Morgan fingerprint density at radius 1 is 1.23 bits per heavy atom. The molecular weight excluding hydrogens is 450 g/mol. The van der Waals surface area contributed by atoms with E-state index in [0.29, 0.717) is 6.61 Å². The molecule has 0 aliphatic carbocycles. The monoisotopic (exact) mass is 491 g/mol. The van der Waals surface area contributed by atoms with Crippen LogP contribution in [0.1, 0.15) is 60.8 Å². The van der Waals surface area contributed by atoms with Gasteiger partial charge in [0.05, 0.1) is 31.0 Å². The number of allylic oxidation sites excluding steroid dienone is 2. The Morgan fingerprint density at radius 2 is 1.94 bits per heavy atom. The van der Waals surface area contributed by atoms with Crippen molar-refractivity contribution in [1.29, 1.82) is 0 Å². The van der Waals surface area contributed by atoms with Crippen molar-refractivity contribution in [1.82, 2.24) is 5.32 Å². The zero-order valence-electron chi connectivity index (χ0n) is 21.7. The Kier molecular flexibility index (Phi) is 9.32. The number of carbonyl (C=O) groups excluding carboxylic acids is 2. The molecule has 3 rings (SSSR count). The number of epoxide rings is 1. The lowest BCUT2D eigenvalue weighted by atomic mass is 9.87. The largest absolute Gasteiger partial charge is 0.459 e. The first-order valence-electron chi connectivity index (χ1n) is 12.7. The fourth-order valence-corrected chi connectivity index (χ4v) is 4.98. The van der Waals surface area contributed by atoms with Crippen LogP contribution in [0.4, 0.5) is 0 Å². The summed E-state index contributed by atoms with van der Waals surface area (Å²) in [7, 11) is 0. The number of esters is 1. The fraction of sp³-hybridized carbons (Fsp3) is 0.704. The molecule has 0 aromatic carbocycles. The van der Waals surface area contributed by atoms with E-state index in [9.17, 15) is 14.7 Å². The van der Waals surface area contributed by atoms with E-state index in [4.69, 9.17) is 18.9 Å². The molecule has 35 heavy (non-hydrogen) atoms. The number of hydrogen-bond acceptors (Lipinski definition) is 7. The average molecular weight is 492 g/mol. The molecule has 0 aromatic rings. The number of nitrogens with one attached hydrogen (secondary N) is 1. The first kappa shape index (κ1) is 27.6. The van der Waals surface area contributed by atoms with Gasteiger partial charge in [0.25, 0.3) is 0 Å². The molecule has 0 unspecified atom stereocenters. The van der Waals surface area contributed by atoms with Crippen molar-refractivity contribution in [2.45, 2.75) is 109 Å². The van der Waals surface area contributed by atoms with Gasteiger partial charge in [0.15, 0.2) is 0 Å². The number of ether oxygens (including phenoxy) is 4. The molecule has 0 radical (unpaired) electrons. The van der Waals surface area contributed by atoms with Crippen LogP contribution in [-0.4, -0.2) is 71.9 Å². The molecule has 3 aliphatic rings. The molecule has 2 N–H and O–H groups in total. The molecule has 8 heteroatoms. The summed E-state index contributed by atoms with van der Waals surface area (Å²) in [4.78, 5) is 23.3. The predicted octanol–water partition coefficient (Wildman–Crippen LogP) is 2.99. The van der Waals surface area contributed by atoms with Crippen LogP contribution in [0.2, 0.25) is 0 Å². The van der Waals surface area contributed by atoms with Crippen molar-refractivity contribution in [2.24, 2.45) is 5.92 Å². The zero-order valence-corrected chi connectivity index (χ0v) is 21.7. The fourth-order valence-electron chi connectivity index (χ4n) is 4.98. The maximum Gasteiger partial charge on any atom is 0.303 e. The molecule has 196 valence electrons. The minimum absolute atomic E-state index is 0.0570. The minimum Gasteiger partial charge on any atom is -0.459 e. The molecule has 3 fully saturated rings. The summed E-state index contributed by atoms with van der Waals surface area (Å²) in [6, 6.07) is -0.0864. The van der Waals surface area contributed by atoms with Crippen molar-refractivity contribution in [3.63, 3.8) is 0 Å². The Bertz CT molecular complexity index is 852. The molecule has 0 aromatic heterocycles. The van der Waals surface area contributed by atoms with Gasteiger partial charge >= 0.3 is 5.97 Å². The summed E-state index contributed by atoms with van der Waals surface area (Å²) < 4.78 is 22.7. The Balaban J connectivity index is 1.46. The van der Waals surface area contributed by atoms with Gasteiger partial charge in [0.1, 0.15) is 23.9 Å². The quantitative estimate of drug-likeness (QED) is 0.233. The summed E-state index contributed by atoms with van der Waals surface area (Å²) in [6.45, 7) is 11.8. The van der Waals surface area contributed by atoms with Gasteiger partial charge < -0.3 is 29.4 Å². The van der Waals surface area contributed by atoms with Gasteiger partial charge in [0.2, 0.25) is 5.91 Å². The van der Waals surface area contributed by atoms with Crippen LogP contribution in [0.15, 0.2) is 36.0 Å². The van der Waals surface area contributed by atoms with Crippen LogP contribution in [0, 0.1) is 5.92 Å². The predicted molar refractivity (Wildman–Crippen MR) is 132 cm³/mol. The second-order valence-corrected chi connectivity index (χ2v) is 10.2. The van der Waals surface area contributed by atoms with Crippen molar-refractivity contribution >= 4 is 11.9 Å². The Morgan fingerprint density at radius 3 is 2.60 bits per heavy atom. The van der Waals surface area contributed by atoms with E-state index in [-0.39, 0.29) is 48.3 Å². The van der Waals surface area contributed by atoms with Crippen molar-refractivity contribution < 1.29 is 33.6 Å². The van der Waals surface area contributed by atoms with Crippen molar-refractivity contribution in [3.05, 3.63) is 36.0 Å². The third kappa shape index (κ3) is 7.26. The molecule has 3 saturated heterocycles. The molecular formula is C27H41NO7. The van der Waals surface area contributed by atoms with Crippen LogP contribution in [-0.2, 0) is 28.5 Å². The second-order valence-electron chi connectivity index (χ2n) is 10.2. The highest BCUT2D eigenvalue weighted by Gasteiger charge is 2.61. The number of aliphatic hydroxyl groups is 1. The van der Waals surface area contributed by atoms with Crippen LogP contribution in [0.3, 0.4) is 0 Å². The first-order chi connectivity index (χ1) is 16.5. The lowest BCUT2D eigenvalue weighted by Crippen LogP contribution is -2.50. The van der Waals surface area contributed by atoms with Crippen molar-refractivity contribution in [3.8, 4) is 0 Å². The average Bonchev–Trinajstić information content (AvgIpc) is 3.43. The van der Waals surface area contributed by atoms with E-state index in [1.54, 1.807) is 13.0 Å². The third-order valence-corrected chi connectivity index (χ3v) is 7.28. The highest BCUT2D eigenvalue weighted by molar-refractivity contribution is 5.87. The van der Waals surface area contributed by atoms with Crippen LogP contribution in [0.25, 0.3) is 0 Å². The molecule has 0 bridgehead atoms. The maximum absolute atomic E-state index is 12.3. The summed E-state index contributed by atoms with van der Waals surface area (Å²) in [6.07, 6.45) is 9.88. The van der Waals surface area contributed by atoms with E-state index in [1.165, 1.54) is 13.0 Å². The topological polar surface area (TPSA) is 107 Å². The highest BCUT2D eigenvalue weighted by Crippen LogP contribution is 2.46. The third-order valence-electron chi connectivity index (χ3n) is 7.28. The van der Waals surface area contributed by atoms with E-state index in [0.717, 1.165) is 24.8 Å². The number of amides is 1. The summed E-state index contributed by atoms with van der Waals surface area (Å²) in [5, 5.41) is 13.6. The van der Waals surface area contributed by atoms with E-state index in [1.807, 2.05) is 32.9 Å². The van der Waals surface area contributed by atoms with Gasteiger partial charge in [0, 0.05) is 19.4 Å². The molecule has 3 heterocycles. The molecule has 1 spiro atoms. The van der Waals surface area contributed by atoms with E-state index in [2.05, 4.69) is 18.3 Å². The Labute approximate surface area is 208 Å². The molecule has 9 atom stereocenters. The first-order valence-corrected chi connectivity index (χ1v) is 12.7. The maximum atomic E-state index is 12.3. The summed E-state index contributed by atoms with van der Waals surface area (Å²) in [5.41, 5.74) is 0.644. The van der Waals surface area contributed by atoms with Gasteiger partial charge in [-0.15, -0.1) is 0 Å². The second kappa shape index (κ2) is 11.8. The van der Waals surface area contributed by atoms with Crippen molar-refractivity contribution in [2.75, 3.05) is 6.61 Å². The van der Waals surface area contributed by atoms with Gasteiger partial charge in [-0.2, -0.15) is 0 Å². The molecule has 8 nitrogen and oxygen atoms in total. The smallest absolute Gasteiger partial charge is 0.303 e. The minimum atomic E-state index is -0.648. The highest BCUT2D eigenvalue weighted by atomic mass is 16.6. The van der Waals surface area contributed by atoms with Gasteiger partial charge in [-0.1, -0.05) is 30.7 Å². The van der Waals surface area contributed by atoms with E-state index < -0.39 is 17.8 Å².